The lowest BCUT2D eigenvalue weighted by molar-refractivity contribution is 0.338. The Hall–Kier alpha value is -3.51. The van der Waals surface area contributed by atoms with Crippen LogP contribution in [0.25, 0.3) is 10.8 Å². The number of anilines is 1. The summed E-state index contributed by atoms with van der Waals surface area (Å²) in [7, 11) is -4.05. The average molecular weight is 462 g/mol. The van der Waals surface area contributed by atoms with Crippen molar-refractivity contribution in [3.05, 3.63) is 96.6 Å². The molecule has 33 heavy (non-hydrogen) atoms. The van der Waals surface area contributed by atoms with Crippen LogP contribution in [0.2, 0.25) is 0 Å². The lowest BCUT2D eigenvalue weighted by atomic mass is 10.1. The number of phenols is 1. The minimum Gasteiger partial charge on any atom is -0.507 e. The van der Waals surface area contributed by atoms with Crippen molar-refractivity contribution >= 4 is 26.5 Å². The van der Waals surface area contributed by atoms with Crippen molar-refractivity contribution in [2.24, 2.45) is 0 Å². The molecule has 0 bridgehead atoms. The predicted molar refractivity (Wildman–Crippen MR) is 132 cm³/mol. The fourth-order valence-electron chi connectivity index (χ4n) is 3.74. The van der Waals surface area contributed by atoms with Gasteiger partial charge >= 0.3 is 0 Å². The predicted octanol–water partition coefficient (Wildman–Crippen LogP) is 6.47. The van der Waals surface area contributed by atoms with Crippen LogP contribution in [0.15, 0.2) is 95.9 Å². The average Bonchev–Trinajstić information content (AvgIpc) is 2.84. The first kappa shape index (κ1) is 22.7. The summed E-state index contributed by atoms with van der Waals surface area (Å²) in [5.74, 6) is 0.480. The van der Waals surface area contributed by atoms with E-state index in [9.17, 15) is 13.5 Å². The summed E-state index contributed by atoms with van der Waals surface area (Å²) >= 11 is 0. The first-order valence-corrected chi connectivity index (χ1v) is 12.5. The quantitative estimate of drug-likeness (QED) is 0.229. The molecule has 4 rings (SSSR count). The highest BCUT2D eigenvalue weighted by atomic mass is 32.2. The van der Waals surface area contributed by atoms with Crippen LogP contribution >= 0.6 is 0 Å². The number of nitrogens with zero attached hydrogens (tertiary/aromatic N) is 1. The molecule has 0 atom stereocenters. The number of hydrogen-bond acceptors (Lipinski definition) is 4. The third-order valence-electron chi connectivity index (χ3n) is 5.51. The van der Waals surface area contributed by atoms with E-state index in [4.69, 9.17) is 4.84 Å². The number of rotatable bonds is 9. The maximum absolute atomic E-state index is 13.6. The van der Waals surface area contributed by atoms with Gasteiger partial charge < -0.3 is 9.94 Å². The van der Waals surface area contributed by atoms with E-state index in [0.29, 0.717) is 22.2 Å². The maximum Gasteiger partial charge on any atom is 0.295 e. The van der Waals surface area contributed by atoms with Crippen LogP contribution in [0, 0.1) is 0 Å². The fraction of sp³-hybridized carbons (Fsp3) is 0.185. The number of aromatic hydroxyl groups is 1. The summed E-state index contributed by atoms with van der Waals surface area (Å²) in [5, 5.41) is 11.4. The van der Waals surface area contributed by atoms with Gasteiger partial charge in [-0.15, -0.1) is 0 Å². The number of benzene rings is 4. The Bertz CT molecular complexity index is 1320. The van der Waals surface area contributed by atoms with Gasteiger partial charge in [-0.2, -0.15) is 8.42 Å². The van der Waals surface area contributed by atoms with Gasteiger partial charge in [0.05, 0.1) is 4.90 Å². The van der Waals surface area contributed by atoms with Gasteiger partial charge in [-0.1, -0.05) is 78.8 Å². The highest BCUT2D eigenvalue weighted by molar-refractivity contribution is 7.92. The molecule has 0 spiro atoms. The number of sulfonamides is 1. The first-order valence-electron chi connectivity index (χ1n) is 11.1. The van der Waals surface area contributed by atoms with E-state index >= 15 is 0 Å². The molecule has 0 unspecified atom stereocenters. The standard InChI is InChI=1S/C27H27NO4S/c1-2-3-5-10-21-17-19-22(20-18-21)32-28(33(30,31)23-11-6-4-7-12-23)26-15-8-14-25-24(26)13-9-16-27(25)29/h4,6-9,11-20,29H,2-3,5,10H2,1H3. The van der Waals surface area contributed by atoms with Gasteiger partial charge in [0, 0.05) is 10.8 Å². The largest absolute Gasteiger partial charge is 0.507 e. The van der Waals surface area contributed by atoms with Crippen LogP contribution in [-0.2, 0) is 16.4 Å². The van der Waals surface area contributed by atoms with Gasteiger partial charge in [0.1, 0.15) is 11.4 Å². The Morgan fingerprint density at radius 2 is 1.48 bits per heavy atom. The zero-order valence-electron chi connectivity index (χ0n) is 18.5. The van der Waals surface area contributed by atoms with E-state index in [1.807, 2.05) is 12.1 Å². The molecule has 0 aromatic heterocycles. The molecule has 5 nitrogen and oxygen atoms in total. The molecule has 0 amide bonds. The number of unbranched alkanes of at least 4 members (excludes halogenated alkanes) is 2. The molecule has 0 aliphatic rings. The van der Waals surface area contributed by atoms with E-state index in [1.54, 1.807) is 66.7 Å². The first-order chi connectivity index (χ1) is 16.0. The molecule has 170 valence electrons. The molecule has 0 fully saturated rings. The number of fused-ring (bicyclic) bond motifs is 1. The van der Waals surface area contributed by atoms with E-state index < -0.39 is 10.0 Å². The summed E-state index contributed by atoms with van der Waals surface area (Å²) in [6, 6.07) is 25.8. The summed E-state index contributed by atoms with van der Waals surface area (Å²) in [5.41, 5.74) is 1.50. The van der Waals surface area contributed by atoms with Crippen LogP contribution in [0.4, 0.5) is 5.69 Å². The highest BCUT2D eigenvalue weighted by Gasteiger charge is 2.29. The van der Waals surface area contributed by atoms with Gasteiger partial charge in [0.15, 0.2) is 5.75 Å². The van der Waals surface area contributed by atoms with Gasteiger partial charge in [-0.3, -0.25) is 0 Å². The van der Waals surface area contributed by atoms with E-state index in [2.05, 4.69) is 6.92 Å². The second-order valence-electron chi connectivity index (χ2n) is 7.89. The van der Waals surface area contributed by atoms with Crippen molar-refractivity contribution < 1.29 is 18.4 Å². The topological polar surface area (TPSA) is 66.8 Å². The monoisotopic (exact) mass is 461 g/mol. The van der Waals surface area contributed by atoms with Crippen molar-refractivity contribution in [3.8, 4) is 11.5 Å². The molecular weight excluding hydrogens is 434 g/mol. The summed E-state index contributed by atoms with van der Waals surface area (Å²) in [6.45, 7) is 2.17. The molecule has 1 N–H and O–H groups in total. The third-order valence-corrected chi connectivity index (χ3v) is 7.09. The normalized spacial score (nSPS) is 11.4. The highest BCUT2D eigenvalue weighted by Crippen LogP contribution is 2.35. The van der Waals surface area contributed by atoms with Crippen LogP contribution in [0.3, 0.4) is 0 Å². The third kappa shape index (κ3) is 4.96. The second-order valence-corrected chi connectivity index (χ2v) is 9.64. The molecule has 4 aromatic carbocycles. The summed E-state index contributed by atoms with van der Waals surface area (Å²) in [6.07, 6.45) is 4.43. The van der Waals surface area contributed by atoms with E-state index in [-0.39, 0.29) is 10.6 Å². The van der Waals surface area contributed by atoms with E-state index in [1.165, 1.54) is 24.1 Å². The van der Waals surface area contributed by atoms with Crippen LogP contribution < -0.4 is 9.31 Å². The van der Waals surface area contributed by atoms with Crippen LogP contribution in [0.5, 0.6) is 11.5 Å². The molecule has 0 aliphatic carbocycles. The SMILES string of the molecule is CCCCCc1ccc(ON(c2cccc3c(O)cccc23)S(=O)(=O)c2ccccc2)cc1. The molecule has 0 saturated carbocycles. The Labute approximate surface area is 194 Å². The van der Waals surface area contributed by atoms with Crippen molar-refractivity contribution in [2.45, 2.75) is 37.5 Å². The Morgan fingerprint density at radius 1 is 0.788 bits per heavy atom. The maximum atomic E-state index is 13.6. The van der Waals surface area contributed by atoms with Gasteiger partial charge in [0.2, 0.25) is 0 Å². The minimum atomic E-state index is -4.05. The Balaban J connectivity index is 1.76. The lowest BCUT2D eigenvalue weighted by Gasteiger charge is -2.25. The summed E-state index contributed by atoms with van der Waals surface area (Å²) in [4.78, 5) is 6.12. The van der Waals surface area contributed by atoms with Gasteiger partial charge in [-0.05, 0) is 54.8 Å². The van der Waals surface area contributed by atoms with Crippen molar-refractivity contribution in [1.29, 1.82) is 0 Å². The minimum absolute atomic E-state index is 0.0721. The molecule has 6 heteroatoms. The summed E-state index contributed by atoms with van der Waals surface area (Å²) < 4.78 is 28.2. The van der Waals surface area contributed by atoms with Crippen LogP contribution in [0.1, 0.15) is 31.7 Å². The second kappa shape index (κ2) is 9.96. The molecule has 0 heterocycles. The van der Waals surface area contributed by atoms with Crippen molar-refractivity contribution in [3.63, 3.8) is 0 Å². The molecule has 0 radical (unpaired) electrons. The molecule has 4 aromatic rings. The lowest BCUT2D eigenvalue weighted by Crippen LogP contribution is -2.34. The van der Waals surface area contributed by atoms with Crippen molar-refractivity contribution in [1.82, 2.24) is 0 Å². The van der Waals surface area contributed by atoms with Crippen molar-refractivity contribution in [2.75, 3.05) is 4.47 Å². The van der Waals surface area contributed by atoms with Gasteiger partial charge in [0.25, 0.3) is 10.0 Å². The Kier molecular flexibility index (Phi) is 6.84. The molecule has 0 aliphatic heterocycles. The van der Waals surface area contributed by atoms with Gasteiger partial charge in [-0.25, -0.2) is 0 Å². The Morgan fingerprint density at radius 3 is 2.21 bits per heavy atom. The fourth-order valence-corrected chi connectivity index (χ4v) is 5.04. The number of aryl methyl sites for hydroxylation is 1. The zero-order valence-corrected chi connectivity index (χ0v) is 19.3. The molecular formula is C27H27NO4S. The van der Waals surface area contributed by atoms with Crippen LogP contribution in [-0.4, -0.2) is 13.5 Å². The smallest absolute Gasteiger partial charge is 0.295 e. The number of hydrogen-bond donors (Lipinski definition) is 1. The molecule has 0 saturated heterocycles. The van der Waals surface area contributed by atoms with E-state index in [0.717, 1.165) is 23.7 Å². The zero-order chi connectivity index (χ0) is 23.3. The number of phenolic OH excluding ortho intramolecular Hbond substituents is 1.